The number of nitrogens with zero attached hydrogens (tertiary/aromatic N) is 3. The molecular formula is C23H21FN4OS2. The van der Waals surface area contributed by atoms with E-state index in [1.54, 1.807) is 12.1 Å². The predicted molar refractivity (Wildman–Crippen MR) is 124 cm³/mol. The van der Waals surface area contributed by atoms with Crippen LogP contribution in [-0.2, 0) is 4.79 Å². The van der Waals surface area contributed by atoms with Crippen LogP contribution in [0.4, 0.5) is 10.1 Å². The topological polar surface area (TPSA) is 59.8 Å². The van der Waals surface area contributed by atoms with Gasteiger partial charge >= 0.3 is 0 Å². The van der Waals surface area contributed by atoms with Gasteiger partial charge in [0, 0.05) is 10.9 Å². The zero-order valence-electron chi connectivity index (χ0n) is 17.3. The van der Waals surface area contributed by atoms with Crippen LogP contribution in [-0.4, -0.2) is 25.9 Å². The van der Waals surface area contributed by atoms with E-state index in [-0.39, 0.29) is 17.0 Å². The number of benzene rings is 2. The minimum atomic E-state index is -0.342. The van der Waals surface area contributed by atoms with E-state index in [9.17, 15) is 9.18 Å². The summed E-state index contributed by atoms with van der Waals surface area (Å²) in [4.78, 5) is 17.4. The highest BCUT2D eigenvalue weighted by Crippen LogP contribution is 2.32. The number of carbonyl (C=O) groups excluding carboxylic acids is 1. The molecule has 1 N–H and O–H groups in total. The van der Waals surface area contributed by atoms with Gasteiger partial charge in [-0.2, -0.15) is 5.10 Å². The molecule has 2 heterocycles. The van der Waals surface area contributed by atoms with E-state index in [2.05, 4.69) is 15.4 Å². The van der Waals surface area contributed by atoms with E-state index in [0.29, 0.717) is 0 Å². The Kier molecular flexibility index (Phi) is 6.20. The SMILES string of the molecule is Cc1nn(-c2ccccc2)c(C)c1NC(=O)C(C)Sc1nc(-c2ccc(F)cc2)cs1. The van der Waals surface area contributed by atoms with E-state index in [4.69, 9.17) is 0 Å². The number of nitrogens with one attached hydrogen (secondary N) is 1. The first kappa shape index (κ1) is 21.3. The molecule has 31 heavy (non-hydrogen) atoms. The summed E-state index contributed by atoms with van der Waals surface area (Å²) >= 11 is 2.87. The highest BCUT2D eigenvalue weighted by Gasteiger charge is 2.21. The number of halogens is 1. The first-order chi connectivity index (χ1) is 14.9. The number of aromatic nitrogens is 3. The Bertz CT molecular complexity index is 1200. The first-order valence-corrected chi connectivity index (χ1v) is 11.5. The number of hydrogen-bond donors (Lipinski definition) is 1. The van der Waals surface area contributed by atoms with Crippen molar-refractivity contribution in [1.82, 2.24) is 14.8 Å². The molecule has 2 aromatic heterocycles. The van der Waals surface area contributed by atoms with Crippen LogP contribution in [0.25, 0.3) is 16.9 Å². The third-order valence-corrected chi connectivity index (χ3v) is 6.88. The third-order valence-electron chi connectivity index (χ3n) is 4.81. The Balaban J connectivity index is 1.45. The number of para-hydroxylation sites is 1. The summed E-state index contributed by atoms with van der Waals surface area (Å²) in [5.74, 6) is -0.387. The summed E-state index contributed by atoms with van der Waals surface area (Å²) in [6.45, 7) is 5.68. The molecule has 8 heteroatoms. The van der Waals surface area contributed by atoms with Crippen LogP contribution < -0.4 is 5.32 Å². The van der Waals surface area contributed by atoms with Crippen LogP contribution in [0.5, 0.6) is 0 Å². The number of hydrogen-bond acceptors (Lipinski definition) is 5. The molecule has 0 fully saturated rings. The van der Waals surface area contributed by atoms with E-state index in [1.807, 2.05) is 61.2 Å². The fourth-order valence-corrected chi connectivity index (χ4v) is 5.11. The van der Waals surface area contributed by atoms with Crippen molar-refractivity contribution in [3.05, 3.63) is 77.2 Å². The predicted octanol–water partition coefficient (Wildman–Crippen LogP) is 5.87. The number of anilines is 1. The summed E-state index contributed by atoms with van der Waals surface area (Å²) in [6.07, 6.45) is 0. The Hall–Kier alpha value is -2.97. The third kappa shape index (κ3) is 4.70. The maximum atomic E-state index is 13.1. The molecule has 0 saturated heterocycles. The quantitative estimate of drug-likeness (QED) is 0.372. The molecule has 4 rings (SSSR count). The fourth-order valence-electron chi connectivity index (χ4n) is 3.14. The summed E-state index contributed by atoms with van der Waals surface area (Å²) in [5.41, 5.74) is 4.94. The summed E-state index contributed by atoms with van der Waals surface area (Å²) in [7, 11) is 0. The van der Waals surface area contributed by atoms with Crippen molar-refractivity contribution in [2.24, 2.45) is 0 Å². The van der Waals surface area contributed by atoms with E-state index in [0.717, 1.165) is 38.4 Å². The minimum Gasteiger partial charge on any atom is -0.322 e. The van der Waals surface area contributed by atoms with Crippen molar-refractivity contribution < 1.29 is 9.18 Å². The monoisotopic (exact) mass is 452 g/mol. The van der Waals surface area contributed by atoms with Gasteiger partial charge in [-0.1, -0.05) is 30.0 Å². The zero-order chi connectivity index (χ0) is 22.0. The van der Waals surface area contributed by atoms with Crippen LogP contribution in [0, 0.1) is 19.7 Å². The van der Waals surface area contributed by atoms with Crippen LogP contribution in [0.2, 0.25) is 0 Å². The van der Waals surface area contributed by atoms with Gasteiger partial charge in [-0.3, -0.25) is 4.79 Å². The summed E-state index contributed by atoms with van der Waals surface area (Å²) < 4.78 is 15.7. The minimum absolute atomic E-state index is 0.109. The van der Waals surface area contributed by atoms with Gasteiger partial charge in [-0.05, 0) is 57.2 Å². The van der Waals surface area contributed by atoms with Gasteiger partial charge in [0.2, 0.25) is 5.91 Å². The average Bonchev–Trinajstić information content (AvgIpc) is 3.34. The lowest BCUT2D eigenvalue weighted by Crippen LogP contribution is -2.23. The molecule has 0 aliphatic rings. The second kappa shape index (κ2) is 9.03. The largest absolute Gasteiger partial charge is 0.322 e. The molecule has 0 aliphatic heterocycles. The molecule has 0 aliphatic carbocycles. The van der Waals surface area contributed by atoms with E-state index >= 15 is 0 Å². The molecule has 1 atom stereocenters. The molecule has 0 radical (unpaired) electrons. The van der Waals surface area contributed by atoms with Crippen LogP contribution in [0.3, 0.4) is 0 Å². The van der Waals surface area contributed by atoms with Gasteiger partial charge in [-0.25, -0.2) is 14.1 Å². The number of rotatable bonds is 6. The maximum absolute atomic E-state index is 13.1. The molecule has 5 nitrogen and oxygen atoms in total. The van der Waals surface area contributed by atoms with Crippen molar-refractivity contribution >= 4 is 34.7 Å². The van der Waals surface area contributed by atoms with Crippen LogP contribution >= 0.6 is 23.1 Å². The van der Waals surface area contributed by atoms with Crippen LogP contribution in [0.1, 0.15) is 18.3 Å². The molecular weight excluding hydrogens is 431 g/mol. The molecule has 0 bridgehead atoms. The summed E-state index contributed by atoms with van der Waals surface area (Å²) in [5, 5.41) is 9.18. The number of thioether (sulfide) groups is 1. The van der Waals surface area contributed by atoms with Crippen LogP contribution in [0.15, 0.2) is 64.3 Å². The van der Waals surface area contributed by atoms with E-state index < -0.39 is 0 Å². The number of amides is 1. The normalized spacial score (nSPS) is 12.0. The van der Waals surface area contributed by atoms with Crippen molar-refractivity contribution in [3.8, 4) is 16.9 Å². The Morgan fingerprint density at radius 3 is 2.55 bits per heavy atom. The maximum Gasteiger partial charge on any atom is 0.237 e. The lowest BCUT2D eigenvalue weighted by molar-refractivity contribution is -0.115. The lowest BCUT2D eigenvalue weighted by atomic mass is 10.2. The Labute approximate surface area is 188 Å². The van der Waals surface area contributed by atoms with Crippen molar-refractivity contribution in [1.29, 1.82) is 0 Å². The van der Waals surface area contributed by atoms with Gasteiger partial charge in [0.25, 0.3) is 0 Å². The summed E-state index contributed by atoms with van der Waals surface area (Å²) in [6, 6.07) is 16.0. The number of aryl methyl sites for hydroxylation is 1. The van der Waals surface area contributed by atoms with Gasteiger partial charge in [0.1, 0.15) is 5.82 Å². The van der Waals surface area contributed by atoms with Crippen molar-refractivity contribution in [3.63, 3.8) is 0 Å². The number of carbonyl (C=O) groups is 1. The Morgan fingerprint density at radius 2 is 1.84 bits per heavy atom. The molecule has 2 aromatic carbocycles. The van der Waals surface area contributed by atoms with Gasteiger partial charge in [0.05, 0.1) is 33.7 Å². The smallest absolute Gasteiger partial charge is 0.237 e. The molecule has 1 amide bonds. The Morgan fingerprint density at radius 1 is 1.13 bits per heavy atom. The van der Waals surface area contributed by atoms with Gasteiger partial charge in [-0.15, -0.1) is 11.3 Å². The van der Waals surface area contributed by atoms with Crippen molar-refractivity contribution in [2.45, 2.75) is 30.4 Å². The van der Waals surface area contributed by atoms with Gasteiger partial charge < -0.3 is 5.32 Å². The number of thiazole rings is 1. The highest BCUT2D eigenvalue weighted by molar-refractivity contribution is 8.02. The molecule has 0 spiro atoms. The van der Waals surface area contributed by atoms with E-state index in [1.165, 1.54) is 35.2 Å². The molecule has 158 valence electrons. The second-order valence-corrected chi connectivity index (χ2v) is 9.49. The standard InChI is InChI=1S/C23H21FN4OS2/c1-14-21(15(2)28(27-14)19-7-5-4-6-8-19)26-22(29)16(3)31-23-25-20(13-30-23)17-9-11-18(24)12-10-17/h4-13,16H,1-3H3,(H,26,29). The first-order valence-electron chi connectivity index (χ1n) is 9.73. The lowest BCUT2D eigenvalue weighted by Gasteiger charge is -2.11. The van der Waals surface area contributed by atoms with Gasteiger partial charge in [0.15, 0.2) is 4.34 Å². The fraction of sp³-hybridized carbons (Fsp3) is 0.174. The highest BCUT2D eigenvalue weighted by atomic mass is 32.2. The molecule has 1 unspecified atom stereocenters. The average molecular weight is 453 g/mol. The second-order valence-electron chi connectivity index (χ2n) is 7.05. The molecule has 0 saturated carbocycles. The zero-order valence-corrected chi connectivity index (χ0v) is 18.9. The molecule has 4 aromatic rings. The van der Waals surface area contributed by atoms with Crippen molar-refractivity contribution in [2.75, 3.05) is 5.32 Å².